The Kier molecular flexibility index (Phi) is 7.59. The van der Waals surface area contributed by atoms with Gasteiger partial charge in [-0.05, 0) is 72.6 Å². The molecule has 0 aliphatic rings. The van der Waals surface area contributed by atoms with E-state index in [1.807, 2.05) is 6.92 Å². The van der Waals surface area contributed by atoms with Crippen LogP contribution in [-0.2, 0) is 6.61 Å². The Morgan fingerprint density at radius 1 is 1.00 bits per heavy atom. The van der Waals surface area contributed by atoms with E-state index in [1.165, 1.54) is 25.5 Å². The molecule has 0 aliphatic carbocycles. The van der Waals surface area contributed by atoms with E-state index in [0.29, 0.717) is 29.4 Å². The molecule has 0 atom stereocenters. The van der Waals surface area contributed by atoms with E-state index in [4.69, 9.17) is 14.2 Å². The molecular weight excluding hydrogens is 399 g/mol. The summed E-state index contributed by atoms with van der Waals surface area (Å²) in [6, 6.07) is 18.2. The third-order valence-electron chi connectivity index (χ3n) is 4.30. The molecule has 0 spiro atoms. The minimum atomic E-state index is -0.328. The fraction of sp³-hybridized carbons (Fsp3) is 0.167. The zero-order chi connectivity index (χ0) is 22.1. The average Bonchev–Trinajstić information content (AvgIpc) is 2.79. The van der Waals surface area contributed by atoms with Crippen molar-refractivity contribution >= 4 is 12.1 Å². The number of rotatable bonds is 9. The average molecular weight is 422 g/mol. The van der Waals surface area contributed by atoms with Crippen molar-refractivity contribution in [2.45, 2.75) is 13.5 Å². The number of carbonyl (C=O) groups excluding carboxylic acids is 1. The first-order valence-electron chi connectivity index (χ1n) is 9.70. The van der Waals surface area contributed by atoms with E-state index < -0.39 is 0 Å². The van der Waals surface area contributed by atoms with Crippen molar-refractivity contribution < 1.29 is 23.4 Å². The molecule has 0 saturated carbocycles. The fourth-order valence-electron chi connectivity index (χ4n) is 2.72. The topological polar surface area (TPSA) is 69.2 Å². The maximum absolute atomic E-state index is 13.0. The summed E-state index contributed by atoms with van der Waals surface area (Å²) in [4.78, 5) is 12.2. The van der Waals surface area contributed by atoms with E-state index in [-0.39, 0.29) is 18.3 Å². The first kappa shape index (κ1) is 21.8. The molecule has 3 rings (SSSR count). The fourth-order valence-corrected chi connectivity index (χ4v) is 2.72. The zero-order valence-corrected chi connectivity index (χ0v) is 17.3. The maximum Gasteiger partial charge on any atom is 0.271 e. The quantitative estimate of drug-likeness (QED) is 0.405. The van der Waals surface area contributed by atoms with Gasteiger partial charge in [0.15, 0.2) is 11.5 Å². The van der Waals surface area contributed by atoms with Gasteiger partial charge in [0.2, 0.25) is 0 Å². The molecule has 0 bridgehead atoms. The molecule has 160 valence electrons. The molecule has 1 amide bonds. The van der Waals surface area contributed by atoms with Crippen molar-refractivity contribution in [3.63, 3.8) is 0 Å². The van der Waals surface area contributed by atoms with Gasteiger partial charge in [0.05, 0.1) is 19.9 Å². The highest BCUT2D eigenvalue weighted by Gasteiger charge is 2.07. The van der Waals surface area contributed by atoms with Crippen LogP contribution in [0, 0.1) is 5.82 Å². The molecule has 0 aromatic heterocycles. The lowest BCUT2D eigenvalue weighted by molar-refractivity contribution is 0.0955. The van der Waals surface area contributed by atoms with Crippen LogP contribution in [0.15, 0.2) is 71.8 Å². The number of hydrogen-bond acceptors (Lipinski definition) is 5. The van der Waals surface area contributed by atoms with Gasteiger partial charge in [-0.3, -0.25) is 4.79 Å². The minimum absolute atomic E-state index is 0.280. The first-order valence-corrected chi connectivity index (χ1v) is 9.70. The number of methoxy groups -OCH3 is 1. The number of nitrogens with one attached hydrogen (secondary N) is 1. The van der Waals surface area contributed by atoms with E-state index >= 15 is 0 Å². The summed E-state index contributed by atoms with van der Waals surface area (Å²) in [5, 5.41) is 4.00. The van der Waals surface area contributed by atoms with E-state index in [1.54, 1.807) is 54.6 Å². The van der Waals surface area contributed by atoms with E-state index in [2.05, 4.69) is 10.5 Å². The summed E-state index contributed by atoms with van der Waals surface area (Å²) in [5.41, 5.74) is 4.52. The van der Waals surface area contributed by atoms with Crippen molar-refractivity contribution in [3.8, 4) is 17.2 Å². The number of hydrogen-bond donors (Lipinski definition) is 1. The molecule has 0 unspecified atom stereocenters. The molecule has 31 heavy (non-hydrogen) atoms. The third-order valence-corrected chi connectivity index (χ3v) is 4.30. The molecule has 3 aromatic carbocycles. The number of carbonyl (C=O) groups is 1. The number of halogens is 1. The summed E-state index contributed by atoms with van der Waals surface area (Å²) in [6.07, 6.45) is 1.51. The first-order chi connectivity index (χ1) is 15.1. The summed E-state index contributed by atoms with van der Waals surface area (Å²) in [5.74, 6) is 1.15. The summed E-state index contributed by atoms with van der Waals surface area (Å²) >= 11 is 0. The molecule has 0 heterocycles. The van der Waals surface area contributed by atoms with Crippen molar-refractivity contribution in [1.29, 1.82) is 0 Å². The molecule has 3 aromatic rings. The van der Waals surface area contributed by atoms with Crippen LogP contribution in [0.3, 0.4) is 0 Å². The molecule has 0 fully saturated rings. The van der Waals surface area contributed by atoms with Crippen LogP contribution >= 0.6 is 0 Å². The second-order valence-electron chi connectivity index (χ2n) is 6.48. The number of hydrazone groups is 1. The van der Waals surface area contributed by atoms with Crippen LogP contribution in [0.25, 0.3) is 0 Å². The molecule has 0 radical (unpaired) electrons. The van der Waals surface area contributed by atoms with Crippen LogP contribution < -0.4 is 19.6 Å². The predicted molar refractivity (Wildman–Crippen MR) is 116 cm³/mol. The van der Waals surface area contributed by atoms with Crippen LogP contribution in [-0.4, -0.2) is 25.8 Å². The summed E-state index contributed by atoms with van der Waals surface area (Å²) < 4.78 is 29.5. The van der Waals surface area contributed by atoms with Crippen molar-refractivity contribution in [2.75, 3.05) is 13.7 Å². The zero-order valence-electron chi connectivity index (χ0n) is 17.3. The summed E-state index contributed by atoms with van der Waals surface area (Å²) in [6.45, 7) is 2.74. The molecule has 0 aliphatic heterocycles. The second kappa shape index (κ2) is 10.8. The van der Waals surface area contributed by atoms with Crippen molar-refractivity contribution in [2.24, 2.45) is 5.10 Å². The van der Waals surface area contributed by atoms with Crippen LogP contribution in [0.1, 0.15) is 28.4 Å². The van der Waals surface area contributed by atoms with Gasteiger partial charge in [-0.2, -0.15) is 5.10 Å². The second-order valence-corrected chi connectivity index (χ2v) is 6.48. The number of nitrogens with zero attached hydrogens (tertiary/aromatic N) is 1. The lowest BCUT2D eigenvalue weighted by Crippen LogP contribution is -2.17. The lowest BCUT2D eigenvalue weighted by atomic mass is 10.2. The number of amides is 1. The Balaban J connectivity index is 1.58. The lowest BCUT2D eigenvalue weighted by Gasteiger charge is -2.11. The van der Waals surface area contributed by atoms with Crippen molar-refractivity contribution in [1.82, 2.24) is 5.43 Å². The SMILES string of the molecule is CCOc1ccc(C(=O)N/N=C\c2ccc(OCc3ccc(F)cc3)c(OC)c2)cc1. The standard InChI is InChI=1S/C24H23FN2O4/c1-3-30-21-11-7-19(8-12-21)24(28)27-26-15-18-6-13-22(23(14-18)29-2)31-16-17-4-9-20(25)10-5-17/h4-15H,3,16H2,1-2H3,(H,27,28)/b26-15-. The van der Waals surface area contributed by atoms with Gasteiger partial charge in [0.1, 0.15) is 18.2 Å². The van der Waals surface area contributed by atoms with E-state index in [0.717, 1.165) is 11.1 Å². The summed E-state index contributed by atoms with van der Waals surface area (Å²) in [7, 11) is 1.54. The predicted octanol–water partition coefficient (Wildman–Crippen LogP) is 4.58. The van der Waals surface area contributed by atoms with Gasteiger partial charge in [-0.15, -0.1) is 0 Å². The Hall–Kier alpha value is -3.87. The Bertz CT molecular complexity index is 1030. The molecule has 7 heteroatoms. The van der Waals surface area contributed by atoms with Gasteiger partial charge < -0.3 is 14.2 Å². The number of benzene rings is 3. The normalized spacial score (nSPS) is 10.7. The monoisotopic (exact) mass is 422 g/mol. The van der Waals surface area contributed by atoms with Gasteiger partial charge in [0, 0.05) is 5.56 Å². The largest absolute Gasteiger partial charge is 0.494 e. The van der Waals surface area contributed by atoms with Crippen LogP contribution in [0.5, 0.6) is 17.2 Å². The highest BCUT2D eigenvalue weighted by molar-refractivity contribution is 5.95. The van der Waals surface area contributed by atoms with Gasteiger partial charge in [-0.1, -0.05) is 12.1 Å². The minimum Gasteiger partial charge on any atom is -0.494 e. The Morgan fingerprint density at radius 2 is 1.74 bits per heavy atom. The maximum atomic E-state index is 13.0. The Morgan fingerprint density at radius 3 is 2.42 bits per heavy atom. The molecular formula is C24H23FN2O4. The third kappa shape index (κ3) is 6.30. The van der Waals surface area contributed by atoms with Gasteiger partial charge >= 0.3 is 0 Å². The highest BCUT2D eigenvalue weighted by atomic mass is 19.1. The van der Waals surface area contributed by atoms with Crippen LogP contribution in [0.2, 0.25) is 0 Å². The van der Waals surface area contributed by atoms with Crippen LogP contribution in [0.4, 0.5) is 4.39 Å². The Labute approximate surface area is 180 Å². The van der Waals surface area contributed by atoms with E-state index in [9.17, 15) is 9.18 Å². The smallest absolute Gasteiger partial charge is 0.271 e. The molecule has 6 nitrogen and oxygen atoms in total. The molecule has 1 N–H and O–H groups in total. The number of ether oxygens (including phenoxy) is 3. The van der Waals surface area contributed by atoms with Crippen molar-refractivity contribution in [3.05, 3.63) is 89.2 Å². The van der Waals surface area contributed by atoms with Gasteiger partial charge in [-0.25, -0.2) is 9.82 Å². The molecule has 0 saturated heterocycles. The van der Waals surface area contributed by atoms with Gasteiger partial charge in [0.25, 0.3) is 5.91 Å². The highest BCUT2D eigenvalue weighted by Crippen LogP contribution is 2.28.